The van der Waals surface area contributed by atoms with Crippen LogP contribution in [0.1, 0.15) is 7.85 Å². The maximum absolute atomic E-state index is 13.1. The minimum atomic E-state index is -1.31. The molecule has 0 unspecified atom stereocenters. The molecule has 10 nitrogen and oxygen atoms in total. The van der Waals surface area contributed by atoms with E-state index < -0.39 is 29.2 Å². The van der Waals surface area contributed by atoms with Gasteiger partial charge in [-0.25, -0.2) is 9.18 Å². The van der Waals surface area contributed by atoms with Crippen molar-refractivity contribution in [1.82, 2.24) is 15.1 Å². The van der Waals surface area contributed by atoms with Gasteiger partial charge in [-0.05, 0) is 54.5 Å². The Hall–Kier alpha value is -3.10. The molecule has 5 rings (SSSR count). The van der Waals surface area contributed by atoms with Crippen LogP contribution >= 0.6 is 23.5 Å². The van der Waals surface area contributed by atoms with E-state index in [-0.39, 0.29) is 72.4 Å². The Labute approximate surface area is 272 Å². The van der Waals surface area contributed by atoms with Gasteiger partial charge in [-0.3, -0.25) is 24.1 Å². The monoisotopic (exact) mass is 620 g/mol. The smallest absolute Gasteiger partial charge is 1.00 e. The molecule has 2 atom stereocenters. The van der Waals surface area contributed by atoms with Crippen molar-refractivity contribution in [1.29, 1.82) is 0 Å². The Bertz CT molecular complexity index is 1480. The first kappa shape index (κ1) is 31.8. The van der Waals surface area contributed by atoms with Crippen LogP contribution in [0.15, 0.2) is 82.4 Å². The molecule has 2 aromatic rings. The van der Waals surface area contributed by atoms with Gasteiger partial charge in [-0.15, -0.1) is 23.5 Å². The Morgan fingerprint density at radius 1 is 1.10 bits per heavy atom. The van der Waals surface area contributed by atoms with Crippen molar-refractivity contribution in [3.8, 4) is 0 Å². The summed E-state index contributed by atoms with van der Waals surface area (Å²) in [6.07, 6.45) is 1.84. The molecule has 214 valence electrons. The largest absolute Gasteiger partial charge is 1.00 e. The minimum Gasteiger partial charge on any atom is -1.00 e. The van der Waals surface area contributed by atoms with Crippen LogP contribution in [0.4, 0.5) is 10.1 Å². The third-order valence-corrected chi connectivity index (χ3v) is 8.97. The van der Waals surface area contributed by atoms with Gasteiger partial charge in [-0.2, -0.15) is 0 Å². The number of hydrogen-bond donors (Lipinski definition) is 3. The van der Waals surface area contributed by atoms with Crippen LogP contribution in [-0.4, -0.2) is 80.5 Å². The molecule has 4 amide bonds. The zero-order valence-electron chi connectivity index (χ0n) is 23.5. The van der Waals surface area contributed by atoms with E-state index in [1.165, 1.54) is 46.6 Å². The number of rotatable bonds is 9. The number of carboxylic acids is 1. The number of allylic oxidation sites excluding steroid dienone is 1. The summed E-state index contributed by atoms with van der Waals surface area (Å²) in [6.45, 7) is 0.170. The number of carboxylic acid groups (broad SMARTS) is 1. The fourth-order valence-corrected chi connectivity index (χ4v) is 6.72. The molecule has 0 spiro atoms. The number of thioether (sulfide) groups is 2. The third kappa shape index (κ3) is 7.09. The molecular weight excluding hydrogens is 594 g/mol. The van der Waals surface area contributed by atoms with Crippen molar-refractivity contribution in [2.75, 3.05) is 29.9 Å². The average molecular weight is 621 g/mol. The first-order chi connectivity index (χ1) is 19.7. The van der Waals surface area contributed by atoms with E-state index in [0.29, 0.717) is 34.7 Å². The predicted octanol–water partition coefficient (Wildman–Crippen LogP) is -0.430. The van der Waals surface area contributed by atoms with Crippen molar-refractivity contribution < 1.29 is 64.5 Å². The second-order valence-electron chi connectivity index (χ2n) is 9.44. The summed E-state index contributed by atoms with van der Waals surface area (Å²) in [6, 6.07) is 13.7. The van der Waals surface area contributed by atoms with Crippen molar-refractivity contribution in [3.05, 3.63) is 83.3 Å². The standard InChI is InChI=1S/C28H25FN4O6S2.Na.H/c29-18-6-8-20(9-7-18)40-15-22(35)31-23-26(37)33-24(28(38)39)17(14-41-27(23)33)12-16-10-11-32(25(16)36)13-21(34)30-19-4-2-1-3-5-19;;/h1-9,12,23,27H,10-11,13-15H2,(H,30,34)(H,31,35)(H,38,39);;/q;+1;-1/b16-12+;;/t23-,27-;;/m1../s1. The molecule has 0 radical (unpaired) electrons. The zero-order chi connectivity index (χ0) is 29.1. The number of fused-ring (bicyclic) bond motifs is 1. The van der Waals surface area contributed by atoms with E-state index >= 15 is 0 Å². The van der Waals surface area contributed by atoms with Crippen LogP contribution in [0, 0.1) is 5.82 Å². The van der Waals surface area contributed by atoms with Crippen LogP contribution in [0.5, 0.6) is 0 Å². The van der Waals surface area contributed by atoms with Gasteiger partial charge in [-0.1, -0.05) is 18.2 Å². The number of nitrogens with one attached hydrogen (secondary N) is 2. The maximum atomic E-state index is 13.1. The average Bonchev–Trinajstić information content (AvgIpc) is 3.29. The predicted molar refractivity (Wildman–Crippen MR) is 152 cm³/mol. The second kappa shape index (κ2) is 13.9. The molecule has 3 aliphatic rings. The number of halogens is 1. The Kier molecular flexibility index (Phi) is 10.5. The Morgan fingerprint density at radius 3 is 2.50 bits per heavy atom. The number of β-lactam (4-membered cyclic amide) rings is 1. The SMILES string of the molecule is O=C(CN1CC/C(=C\C2=C(C(=O)O)N3C(=O)[C@@H](NC(=O)CSc4ccc(F)cc4)[C@H]3SC2)C1=O)Nc1ccccc1.[H-].[Na+]. The van der Waals surface area contributed by atoms with Gasteiger partial charge in [0.25, 0.3) is 5.91 Å². The number of carbonyl (C=O) groups excluding carboxylic acids is 4. The zero-order valence-corrected chi connectivity index (χ0v) is 26.2. The molecule has 0 aliphatic carbocycles. The summed E-state index contributed by atoms with van der Waals surface area (Å²) in [5.74, 6) is -3.12. The normalized spacial score (nSPS) is 20.5. The molecule has 2 aromatic carbocycles. The Morgan fingerprint density at radius 2 is 1.81 bits per heavy atom. The van der Waals surface area contributed by atoms with E-state index in [4.69, 9.17) is 0 Å². The molecule has 3 N–H and O–H groups in total. The van der Waals surface area contributed by atoms with Crippen LogP contribution in [0.25, 0.3) is 0 Å². The summed E-state index contributed by atoms with van der Waals surface area (Å²) < 4.78 is 13.1. The molecule has 2 saturated heterocycles. The summed E-state index contributed by atoms with van der Waals surface area (Å²) in [4.78, 5) is 66.2. The number of amides is 4. The van der Waals surface area contributed by atoms with Crippen LogP contribution < -0.4 is 40.2 Å². The summed E-state index contributed by atoms with van der Waals surface area (Å²) in [7, 11) is 0. The van der Waals surface area contributed by atoms with Crippen molar-refractivity contribution in [2.24, 2.45) is 0 Å². The summed E-state index contributed by atoms with van der Waals surface area (Å²) in [5.41, 5.74) is 1.08. The molecule has 0 saturated carbocycles. The van der Waals surface area contributed by atoms with Gasteiger partial charge in [0.05, 0.1) is 5.75 Å². The molecule has 0 bridgehead atoms. The number of carbonyl (C=O) groups is 5. The van der Waals surface area contributed by atoms with Gasteiger partial charge in [0, 0.05) is 28.5 Å². The topological polar surface area (TPSA) is 136 Å². The van der Waals surface area contributed by atoms with Gasteiger partial charge in [0.2, 0.25) is 17.7 Å². The fourth-order valence-electron chi connectivity index (χ4n) is 4.71. The quantitative estimate of drug-likeness (QED) is 0.149. The fraction of sp³-hybridized carbons (Fsp3) is 0.250. The van der Waals surface area contributed by atoms with Gasteiger partial charge >= 0.3 is 35.5 Å². The maximum Gasteiger partial charge on any atom is 1.00 e. The second-order valence-corrected chi connectivity index (χ2v) is 11.6. The van der Waals surface area contributed by atoms with Crippen LogP contribution in [0.3, 0.4) is 0 Å². The number of aliphatic carboxylic acids is 1. The summed E-state index contributed by atoms with van der Waals surface area (Å²) >= 11 is 2.49. The van der Waals surface area contributed by atoms with Crippen LogP contribution in [-0.2, 0) is 24.0 Å². The van der Waals surface area contributed by atoms with E-state index in [2.05, 4.69) is 10.6 Å². The summed E-state index contributed by atoms with van der Waals surface area (Å²) in [5, 5.41) is 14.8. The molecule has 3 aliphatic heterocycles. The van der Waals surface area contributed by atoms with Gasteiger partial charge in [0.15, 0.2) is 0 Å². The molecule has 14 heteroatoms. The minimum absolute atomic E-state index is 0. The van der Waals surface area contributed by atoms with E-state index in [9.17, 15) is 33.5 Å². The molecule has 2 fully saturated rings. The van der Waals surface area contributed by atoms with Crippen molar-refractivity contribution in [2.45, 2.75) is 22.7 Å². The number of anilines is 1. The van der Waals surface area contributed by atoms with Gasteiger partial charge in [0.1, 0.15) is 29.5 Å². The number of para-hydroxylation sites is 1. The number of hydrogen-bond acceptors (Lipinski definition) is 7. The van der Waals surface area contributed by atoms with Crippen molar-refractivity contribution >= 4 is 58.8 Å². The number of nitrogens with zero attached hydrogens (tertiary/aromatic N) is 2. The first-order valence-electron chi connectivity index (χ1n) is 12.6. The van der Waals surface area contributed by atoms with E-state index in [1.54, 1.807) is 36.4 Å². The molecule has 0 aromatic heterocycles. The molecular formula is C28H26FN4NaO6S2. The van der Waals surface area contributed by atoms with E-state index in [0.717, 1.165) is 4.90 Å². The molecule has 3 heterocycles. The van der Waals surface area contributed by atoms with Crippen LogP contribution in [0.2, 0.25) is 0 Å². The third-order valence-electron chi connectivity index (χ3n) is 6.65. The molecule has 42 heavy (non-hydrogen) atoms. The number of benzene rings is 2. The first-order valence-corrected chi connectivity index (χ1v) is 14.7. The number of likely N-dealkylation sites (tertiary alicyclic amines) is 1. The van der Waals surface area contributed by atoms with Gasteiger partial charge < -0.3 is 22.1 Å². The van der Waals surface area contributed by atoms with Crippen molar-refractivity contribution in [3.63, 3.8) is 0 Å². The van der Waals surface area contributed by atoms with E-state index in [1.807, 2.05) is 6.07 Å². The Balaban J connectivity index is 0.00000253.